The van der Waals surface area contributed by atoms with Gasteiger partial charge in [-0.25, -0.2) is 0 Å². The average molecular weight is 298 g/mol. The fraction of sp³-hybridized carbons (Fsp3) is 0.182. The van der Waals surface area contributed by atoms with Crippen LogP contribution in [0.4, 0.5) is 0 Å². The number of carbonyl (C=O) groups is 1. The lowest BCUT2D eigenvalue weighted by Crippen LogP contribution is -1.95. The summed E-state index contributed by atoms with van der Waals surface area (Å²) in [5, 5.41) is 13.4. The van der Waals surface area contributed by atoms with Gasteiger partial charge in [0.05, 0.1) is 6.42 Å². The highest BCUT2D eigenvalue weighted by Crippen LogP contribution is 2.36. The van der Waals surface area contributed by atoms with Gasteiger partial charge in [-0.2, -0.15) is 0 Å². The van der Waals surface area contributed by atoms with Crippen molar-refractivity contribution in [3.8, 4) is 0 Å². The number of rotatable bonds is 6. The fourth-order valence-corrected chi connectivity index (χ4v) is 3.97. The van der Waals surface area contributed by atoms with Crippen molar-refractivity contribution in [3.05, 3.63) is 30.3 Å². The van der Waals surface area contributed by atoms with Crippen molar-refractivity contribution in [2.45, 2.75) is 20.6 Å². The summed E-state index contributed by atoms with van der Waals surface area (Å²) < 4.78 is 4.93. The molecule has 1 N–H and O–H groups in total. The molecule has 0 radical (unpaired) electrons. The van der Waals surface area contributed by atoms with Crippen molar-refractivity contribution < 1.29 is 9.90 Å². The lowest BCUT2D eigenvalue weighted by molar-refractivity contribution is -0.136. The van der Waals surface area contributed by atoms with Gasteiger partial charge in [-0.3, -0.25) is 4.79 Å². The summed E-state index contributed by atoms with van der Waals surface area (Å²) in [6.45, 7) is 0. The minimum Gasteiger partial charge on any atom is -0.481 e. The monoisotopic (exact) mass is 298 g/mol. The molecule has 0 amide bonds. The minimum atomic E-state index is -0.789. The molecule has 0 aliphatic carbocycles. The van der Waals surface area contributed by atoms with Crippen molar-refractivity contribution in [3.63, 3.8) is 0 Å². The summed E-state index contributed by atoms with van der Waals surface area (Å²) in [6, 6.07) is 9.98. The van der Waals surface area contributed by atoms with Crippen molar-refractivity contribution in [1.82, 2.24) is 9.59 Å². The Kier molecular flexibility index (Phi) is 5.03. The second-order valence-electron chi connectivity index (χ2n) is 3.27. The molecule has 0 bridgehead atoms. The Morgan fingerprint density at radius 1 is 1.33 bits per heavy atom. The van der Waals surface area contributed by atoms with Gasteiger partial charge in [-0.05, 0) is 23.7 Å². The second-order valence-corrected chi connectivity index (χ2v) is 6.45. The number of thioether (sulfide) groups is 1. The SMILES string of the molecule is O=C(O)CCSc1nnsc1Sc1ccccc1. The van der Waals surface area contributed by atoms with E-state index in [0.717, 1.165) is 14.1 Å². The van der Waals surface area contributed by atoms with Gasteiger partial charge in [-0.1, -0.05) is 34.4 Å². The molecule has 94 valence electrons. The number of carboxylic acids is 1. The Hall–Kier alpha value is -1.05. The molecule has 2 aromatic rings. The van der Waals surface area contributed by atoms with Crippen LogP contribution in [0.2, 0.25) is 0 Å². The quantitative estimate of drug-likeness (QED) is 0.826. The maximum Gasteiger partial charge on any atom is 0.304 e. The highest BCUT2D eigenvalue weighted by Gasteiger charge is 2.10. The molecule has 18 heavy (non-hydrogen) atoms. The molecule has 7 heteroatoms. The van der Waals surface area contributed by atoms with Gasteiger partial charge in [0.25, 0.3) is 0 Å². The van der Waals surface area contributed by atoms with Crippen LogP contribution in [0.5, 0.6) is 0 Å². The number of benzene rings is 1. The Labute approximate surface area is 117 Å². The number of aliphatic carboxylic acids is 1. The van der Waals surface area contributed by atoms with Crippen LogP contribution in [0.3, 0.4) is 0 Å². The number of nitrogens with zero attached hydrogens (tertiary/aromatic N) is 2. The van der Waals surface area contributed by atoms with Crippen LogP contribution in [0.1, 0.15) is 6.42 Å². The van der Waals surface area contributed by atoms with Crippen LogP contribution in [0.15, 0.2) is 44.5 Å². The normalized spacial score (nSPS) is 10.4. The van der Waals surface area contributed by atoms with Crippen LogP contribution in [0.25, 0.3) is 0 Å². The van der Waals surface area contributed by atoms with E-state index in [1.807, 2.05) is 30.3 Å². The zero-order valence-electron chi connectivity index (χ0n) is 9.28. The molecule has 4 nitrogen and oxygen atoms in total. The number of hydrogen-bond acceptors (Lipinski definition) is 6. The summed E-state index contributed by atoms with van der Waals surface area (Å²) in [5.74, 6) is -0.272. The zero-order chi connectivity index (χ0) is 12.8. The van der Waals surface area contributed by atoms with Gasteiger partial charge in [0.15, 0.2) is 0 Å². The Morgan fingerprint density at radius 2 is 2.11 bits per heavy atom. The van der Waals surface area contributed by atoms with Crippen molar-refractivity contribution >= 4 is 41.0 Å². The van der Waals surface area contributed by atoms with E-state index in [0.29, 0.717) is 5.75 Å². The van der Waals surface area contributed by atoms with Crippen LogP contribution in [-0.2, 0) is 4.79 Å². The maximum absolute atomic E-state index is 10.5. The molecule has 2 rings (SSSR count). The molecular formula is C11H10N2O2S3. The minimum absolute atomic E-state index is 0.137. The van der Waals surface area contributed by atoms with E-state index in [-0.39, 0.29) is 6.42 Å². The molecule has 0 unspecified atom stereocenters. The van der Waals surface area contributed by atoms with E-state index in [9.17, 15) is 4.79 Å². The van der Waals surface area contributed by atoms with E-state index in [2.05, 4.69) is 9.59 Å². The standard InChI is InChI=1S/C11H10N2O2S3/c14-9(15)6-7-16-10-11(18-13-12-10)17-8-4-2-1-3-5-8/h1-5H,6-7H2,(H,14,15). The number of hydrogen-bond donors (Lipinski definition) is 1. The number of carboxylic acid groups (broad SMARTS) is 1. The maximum atomic E-state index is 10.5. The molecule has 1 heterocycles. The third-order valence-electron chi connectivity index (χ3n) is 1.94. The first-order valence-corrected chi connectivity index (χ1v) is 7.73. The van der Waals surface area contributed by atoms with Crippen LogP contribution in [-0.4, -0.2) is 26.4 Å². The van der Waals surface area contributed by atoms with E-state index in [1.165, 1.54) is 23.3 Å². The van der Waals surface area contributed by atoms with Gasteiger partial charge in [0, 0.05) is 10.6 Å². The highest BCUT2D eigenvalue weighted by atomic mass is 32.2. The zero-order valence-corrected chi connectivity index (χ0v) is 11.7. The Morgan fingerprint density at radius 3 is 2.83 bits per heavy atom. The fourth-order valence-electron chi connectivity index (χ4n) is 1.16. The van der Waals surface area contributed by atoms with Gasteiger partial charge >= 0.3 is 5.97 Å². The molecular weight excluding hydrogens is 288 g/mol. The van der Waals surface area contributed by atoms with Crippen LogP contribution < -0.4 is 0 Å². The summed E-state index contributed by atoms with van der Waals surface area (Å²) in [5.41, 5.74) is 0. The first-order valence-electron chi connectivity index (χ1n) is 5.15. The van der Waals surface area contributed by atoms with Crippen molar-refractivity contribution in [1.29, 1.82) is 0 Å². The van der Waals surface area contributed by atoms with E-state index in [4.69, 9.17) is 5.11 Å². The van der Waals surface area contributed by atoms with Gasteiger partial charge in [0.1, 0.15) is 9.24 Å². The predicted octanol–water partition coefficient (Wildman–Crippen LogP) is 3.26. The first kappa shape index (κ1) is 13.4. The van der Waals surface area contributed by atoms with E-state index in [1.54, 1.807) is 11.8 Å². The van der Waals surface area contributed by atoms with Crippen LogP contribution in [0, 0.1) is 0 Å². The topological polar surface area (TPSA) is 63.1 Å². The molecule has 0 fully saturated rings. The Balaban J connectivity index is 1.97. The largest absolute Gasteiger partial charge is 0.481 e. The third-order valence-corrected chi connectivity index (χ3v) is 5.05. The van der Waals surface area contributed by atoms with E-state index < -0.39 is 5.97 Å². The first-order chi connectivity index (χ1) is 8.75. The van der Waals surface area contributed by atoms with Gasteiger partial charge < -0.3 is 5.11 Å². The molecule has 0 atom stereocenters. The average Bonchev–Trinajstić information content (AvgIpc) is 2.78. The molecule has 1 aromatic heterocycles. The molecule has 0 saturated carbocycles. The molecule has 0 spiro atoms. The van der Waals surface area contributed by atoms with Gasteiger partial charge in [0.2, 0.25) is 0 Å². The highest BCUT2D eigenvalue weighted by molar-refractivity contribution is 8.03. The van der Waals surface area contributed by atoms with Crippen molar-refractivity contribution in [2.75, 3.05) is 5.75 Å². The van der Waals surface area contributed by atoms with Gasteiger partial charge in [-0.15, -0.1) is 16.9 Å². The predicted molar refractivity (Wildman–Crippen MR) is 73.5 cm³/mol. The number of aromatic nitrogens is 2. The molecule has 1 aromatic carbocycles. The smallest absolute Gasteiger partial charge is 0.304 e. The lowest BCUT2D eigenvalue weighted by Gasteiger charge is -2.00. The third kappa shape index (κ3) is 4.01. The Bertz CT molecular complexity index is 516. The van der Waals surface area contributed by atoms with Crippen LogP contribution >= 0.6 is 35.1 Å². The summed E-state index contributed by atoms with van der Waals surface area (Å²) in [7, 11) is 0. The summed E-state index contributed by atoms with van der Waals surface area (Å²) in [4.78, 5) is 11.6. The lowest BCUT2D eigenvalue weighted by atomic mass is 10.4. The second kappa shape index (κ2) is 6.77. The molecule has 0 aliphatic rings. The summed E-state index contributed by atoms with van der Waals surface area (Å²) >= 11 is 4.38. The molecule has 0 aliphatic heterocycles. The van der Waals surface area contributed by atoms with E-state index >= 15 is 0 Å². The van der Waals surface area contributed by atoms with Crippen molar-refractivity contribution in [2.24, 2.45) is 0 Å². The summed E-state index contributed by atoms with van der Waals surface area (Å²) in [6.07, 6.45) is 0.137. The molecule has 0 saturated heterocycles.